The van der Waals surface area contributed by atoms with Gasteiger partial charge in [-0.2, -0.15) is 0 Å². The Balaban J connectivity index is 1.18. The summed E-state index contributed by atoms with van der Waals surface area (Å²) in [5.74, 6) is 0.0366. The molecule has 0 radical (unpaired) electrons. The maximum absolute atomic E-state index is 13.1. The Bertz CT molecular complexity index is 1320. The van der Waals surface area contributed by atoms with Crippen LogP contribution >= 0.6 is 0 Å². The van der Waals surface area contributed by atoms with Crippen LogP contribution < -0.4 is 10.9 Å². The second-order valence-electron chi connectivity index (χ2n) is 7.92. The van der Waals surface area contributed by atoms with Crippen LogP contribution in [-0.2, 0) is 0 Å². The minimum Gasteiger partial charge on any atom is -0.423 e. The number of piperazine rings is 1. The number of amides is 1. The topological polar surface area (TPSA) is 78.7 Å². The van der Waals surface area contributed by atoms with Crippen LogP contribution in [0.2, 0.25) is 0 Å². The Labute approximate surface area is 185 Å². The highest BCUT2D eigenvalue weighted by Crippen LogP contribution is 2.21. The van der Waals surface area contributed by atoms with Gasteiger partial charge in [0.05, 0.1) is 16.8 Å². The molecule has 1 aliphatic rings. The molecule has 7 heteroatoms. The van der Waals surface area contributed by atoms with E-state index in [0.29, 0.717) is 30.8 Å². The molecule has 0 unspecified atom stereocenters. The molecule has 1 fully saturated rings. The summed E-state index contributed by atoms with van der Waals surface area (Å²) in [5, 5.41) is 5.24. The van der Waals surface area contributed by atoms with Crippen LogP contribution in [0, 0.1) is 0 Å². The van der Waals surface area contributed by atoms with Gasteiger partial charge in [0, 0.05) is 62.3 Å². The number of para-hydroxylation sites is 2. The lowest BCUT2D eigenvalue weighted by molar-refractivity contribution is 0.0644. The average Bonchev–Trinajstić information content (AvgIpc) is 2.83. The molecule has 1 amide bonds. The first-order chi connectivity index (χ1) is 15.7. The zero-order chi connectivity index (χ0) is 21.9. The third kappa shape index (κ3) is 4.07. The third-order valence-electron chi connectivity index (χ3n) is 5.92. The van der Waals surface area contributed by atoms with Crippen LogP contribution in [0.1, 0.15) is 10.4 Å². The molecule has 0 aliphatic carbocycles. The number of carbonyl (C=O) groups excluding carboxylic acids is 1. The number of fused-ring (bicyclic) bond motifs is 2. The lowest BCUT2D eigenvalue weighted by atomic mass is 10.1. The summed E-state index contributed by atoms with van der Waals surface area (Å²) < 4.78 is 5.25. The van der Waals surface area contributed by atoms with Crippen molar-refractivity contribution in [2.45, 2.75) is 0 Å². The minimum atomic E-state index is -0.360. The summed E-state index contributed by atoms with van der Waals surface area (Å²) in [7, 11) is 0. The molecule has 162 valence electrons. The highest BCUT2D eigenvalue weighted by Gasteiger charge is 2.23. The predicted molar refractivity (Wildman–Crippen MR) is 125 cm³/mol. The molecule has 5 rings (SSSR count). The molecular weight excluding hydrogens is 404 g/mol. The van der Waals surface area contributed by atoms with E-state index in [4.69, 9.17) is 4.42 Å². The van der Waals surface area contributed by atoms with Crippen molar-refractivity contribution < 1.29 is 9.21 Å². The van der Waals surface area contributed by atoms with Gasteiger partial charge in [0.2, 0.25) is 0 Å². The van der Waals surface area contributed by atoms with Gasteiger partial charge < -0.3 is 14.6 Å². The number of carbonyl (C=O) groups is 1. The number of anilines is 1. The number of nitrogens with zero attached hydrogens (tertiary/aromatic N) is 3. The molecule has 0 atom stereocenters. The Morgan fingerprint density at radius 2 is 1.81 bits per heavy atom. The summed E-state index contributed by atoms with van der Waals surface area (Å²) in [6.07, 6.45) is 1.73. The Kier molecular flexibility index (Phi) is 5.56. The van der Waals surface area contributed by atoms with Crippen molar-refractivity contribution in [3.05, 3.63) is 82.8 Å². The fraction of sp³-hybridized carbons (Fsp3) is 0.240. The second kappa shape index (κ2) is 8.80. The maximum atomic E-state index is 13.1. The lowest BCUT2D eigenvalue weighted by Gasteiger charge is -2.35. The van der Waals surface area contributed by atoms with Gasteiger partial charge >= 0.3 is 5.63 Å². The zero-order valence-electron chi connectivity index (χ0n) is 17.7. The van der Waals surface area contributed by atoms with Gasteiger partial charge in [-0.1, -0.05) is 30.3 Å². The van der Waals surface area contributed by atoms with Crippen molar-refractivity contribution in [2.24, 2.45) is 0 Å². The Hall–Kier alpha value is -3.71. The monoisotopic (exact) mass is 428 g/mol. The predicted octanol–water partition coefficient (Wildman–Crippen LogP) is 3.21. The highest BCUT2D eigenvalue weighted by atomic mass is 16.4. The van der Waals surface area contributed by atoms with E-state index >= 15 is 0 Å². The molecule has 2 aromatic heterocycles. The standard InChI is InChI=1S/C25H24N4O3/c30-23-17-21(19-7-1-2-9-22(19)32-23)26-11-12-28-13-15-29(16-14-28)25(31)20-8-3-5-18-6-4-10-27-24(18)20/h1-10,17,26H,11-16H2. The lowest BCUT2D eigenvalue weighted by Crippen LogP contribution is -2.49. The first kappa shape index (κ1) is 20.2. The van der Waals surface area contributed by atoms with Gasteiger partial charge in [-0.15, -0.1) is 0 Å². The van der Waals surface area contributed by atoms with Gasteiger partial charge in [0.15, 0.2) is 0 Å². The zero-order valence-corrected chi connectivity index (χ0v) is 17.7. The van der Waals surface area contributed by atoms with Crippen molar-refractivity contribution in [3.8, 4) is 0 Å². The van der Waals surface area contributed by atoms with E-state index in [1.807, 2.05) is 53.4 Å². The van der Waals surface area contributed by atoms with Gasteiger partial charge in [0.25, 0.3) is 5.91 Å². The molecule has 1 saturated heterocycles. The van der Waals surface area contributed by atoms with Crippen molar-refractivity contribution in [1.29, 1.82) is 0 Å². The fourth-order valence-corrected chi connectivity index (χ4v) is 4.23. The van der Waals surface area contributed by atoms with E-state index < -0.39 is 0 Å². The minimum absolute atomic E-state index is 0.0366. The number of hydrogen-bond acceptors (Lipinski definition) is 6. The number of hydrogen-bond donors (Lipinski definition) is 1. The second-order valence-corrected chi connectivity index (χ2v) is 7.92. The van der Waals surface area contributed by atoms with Crippen molar-refractivity contribution in [3.63, 3.8) is 0 Å². The number of pyridine rings is 1. The third-order valence-corrected chi connectivity index (χ3v) is 5.92. The Morgan fingerprint density at radius 3 is 2.69 bits per heavy atom. The number of benzene rings is 2. The van der Waals surface area contributed by atoms with Gasteiger partial charge in [0.1, 0.15) is 5.58 Å². The number of rotatable bonds is 5. The first-order valence-corrected chi connectivity index (χ1v) is 10.8. The van der Waals surface area contributed by atoms with E-state index in [1.165, 1.54) is 6.07 Å². The molecule has 7 nitrogen and oxygen atoms in total. The van der Waals surface area contributed by atoms with Crippen LogP contribution in [0.25, 0.3) is 21.9 Å². The summed E-state index contributed by atoms with van der Waals surface area (Å²) in [6.45, 7) is 4.51. The van der Waals surface area contributed by atoms with Crippen LogP contribution in [0.5, 0.6) is 0 Å². The van der Waals surface area contributed by atoms with Crippen molar-refractivity contribution >= 4 is 33.5 Å². The van der Waals surface area contributed by atoms with Crippen LogP contribution in [0.4, 0.5) is 5.69 Å². The maximum Gasteiger partial charge on any atom is 0.338 e. The summed E-state index contributed by atoms with van der Waals surface area (Å²) in [5.41, 5.74) is 2.42. The average molecular weight is 428 g/mol. The van der Waals surface area contributed by atoms with Crippen molar-refractivity contribution in [2.75, 3.05) is 44.6 Å². The summed E-state index contributed by atoms with van der Waals surface area (Å²) >= 11 is 0. The molecule has 32 heavy (non-hydrogen) atoms. The first-order valence-electron chi connectivity index (χ1n) is 10.8. The highest BCUT2D eigenvalue weighted by molar-refractivity contribution is 6.05. The summed E-state index contributed by atoms with van der Waals surface area (Å²) in [4.78, 5) is 33.5. The van der Waals surface area contributed by atoms with Crippen LogP contribution in [0.15, 0.2) is 76.1 Å². The van der Waals surface area contributed by atoms with Gasteiger partial charge in [-0.3, -0.25) is 14.7 Å². The van der Waals surface area contributed by atoms with Crippen molar-refractivity contribution in [1.82, 2.24) is 14.8 Å². The molecule has 1 aliphatic heterocycles. The van der Waals surface area contributed by atoms with E-state index in [-0.39, 0.29) is 11.5 Å². The molecular formula is C25H24N4O3. The molecule has 0 bridgehead atoms. The SMILES string of the molecule is O=C(c1cccc2cccnc12)N1CCN(CCNc2cc(=O)oc3ccccc23)CC1. The largest absolute Gasteiger partial charge is 0.423 e. The fourth-order valence-electron chi connectivity index (χ4n) is 4.23. The van der Waals surface area contributed by atoms with E-state index in [2.05, 4.69) is 15.2 Å². The molecule has 4 aromatic rings. The van der Waals surface area contributed by atoms with Gasteiger partial charge in [-0.25, -0.2) is 4.79 Å². The quantitative estimate of drug-likeness (QED) is 0.492. The van der Waals surface area contributed by atoms with E-state index in [0.717, 1.165) is 41.6 Å². The van der Waals surface area contributed by atoms with Crippen LogP contribution in [-0.4, -0.2) is 60.0 Å². The smallest absolute Gasteiger partial charge is 0.338 e. The van der Waals surface area contributed by atoms with Gasteiger partial charge in [-0.05, 0) is 24.3 Å². The molecule has 0 spiro atoms. The molecule has 3 heterocycles. The van der Waals surface area contributed by atoms with E-state index in [9.17, 15) is 9.59 Å². The van der Waals surface area contributed by atoms with Crippen LogP contribution in [0.3, 0.4) is 0 Å². The molecule has 2 aromatic carbocycles. The molecule has 1 N–H and O–H groups in total. The normalized spacial score (nSPS) is 14.7. The van der Waals surface area contributed by atoms with E-state index in [1.54, 1.807) is 12.3 Å². The Morgan fingerprint density at radius 1 is 1.00 bits per heavy atom. The number of nitrogens with one attached hydrogen (secondary N) is 1. The summed E-state index contributed by atoms with van der Waals surface area (Å²) in [6, 6.07) is 18.6. The number of aromatic nitrogens is 1. The molecule has 0 saturated carbocycles.